The number of hydrogen-bond acceptors (Lipinski definition) is 5. The van der Waals surface area contributed by atoms with E-state index in [9.17, 15) is 9.59 Å². The van der Waals surface area contributed by atoms with Crippen LogP contribution in [0.15, 0.2) is 30.6 Å². The second-order valence-corrected chi connectivity index (χ2v) is 6.24. The Morgan fingerprint density at radius 3 is 2.60 bits per heavy atom. The number of aryl methyl sites for hydroxylation is 1. The molecule has 0 spiro atoms. The molecule has 1 aromatic heterocycles. The largest absolute Gasteiger partial charge is 0.352 e. The third-order valence-corrected chi connectivity index (χ3v) is 4.34. The molecule has 0 atom stereocenters. The first-order valence-electron chi connectivity index (χ1n) is 7.90. The van der Waals surface area contributed by atoms with Gasteiger partial charge >= 0.3 is 0 Å². The molecule has 1 aliphatic rings. The van der Waals surface area contributed by atoms with Crippen molar-refractivity contribution in [3.05, 3.63) is 46.9 Å². The Hall–Kier alpha value is -2.67. The Morgan fingerprint density at radius 1 is 1.20 bits per heavy atom. The maximum atomic E-state index is 12.3. The fraction of sp³-hybridized carbons (Fsp3) is 0.294. The first-order chi connectivity index (χ1) is 12.1. The van der Waals surface area contributed by atoms with Crippen molar-refractivity contribution in [1.82, 2.24) is 14.9 Å². The number of carbonyl (C=O) groups excluding carboxylic acids is 2. The van der Waals surface area contributed by atoms with E-state index in [0.29, 0.717) is 42.7 Å². The molecule has 0 saturated carbocycles. The number of anilines is 2. The molecular formula is C17H18ClN5O2. The van der Waals surface area contributed by atoms with Gasteiger partial charge in [0.2, 0.25) is 6.41 Å². The van der Waals surface area contributed by atoms with Crippen molar-refractivity contribution in [2.75, 3.05) is 36.4 Å². The monoisotopic (exact) mass is 359 g/mol. The smallest absolute Gasteiger partial charge is 0.275 e. The van der Waals surface area contributed by atoms with Gasteiger partial charge in [-0.1, -0.05) is 17.7 Å². The van der Waals surface area contributed by atoms with Crippen LogP contribution in [0.1, 0.15) is 16.1 Å². The molecule has 25 heavy (non-hydrogen) atoms. The number of halogens is 1. The van der Waals surface area contributed by atoms with Gasteiger partial charge in [0.15, 0.2) is 0 Å². The molecule has 1 aliphatic heterocycles. The molecule has 2 heterocycles. The minimum atomic E-state index is -0.338. The summed E-state index contributed by atoms with van der Waals surface area (Å²) in [5.41, 5.74) is 1.79. The minimum absolute atomic E-state index is 0.231. The molecule has 130 valence electrons. The van der Waals surface area contributed by atoms with Crippen LogP contribution in [0.4, 0.5) is 11.5 Å². The van der Waals surface area contributed by atoms with E-state index in [-0.39, 0.29) is 11.6 Å². The molecule has 2 amide bonds. The molecule has 0 bridgehead atoms. The van der Waals surface area contributed by atoms with Gasteiger partial charge in [-0.25, -0.2) is 9.97 Å². The highest BCUT2D eigenvalue weighted by atomic mass is 35.5. The molecule has 1 fully saturated rings. The summed E-state index contributed by atoms with van der Waals surface area (Å²) >= 11 is 5.96. The van der Waals surface area contributed by atoms with Gasteiger partial charge in [-0.3, -0.25) is 9.59 Å². The van der Waals surface area contributed by atoms with Crippen LogP contribution < -0.4 is 10.2 Å². The summed E-state index contributed by atoms with van der Waals surface area (Å²) in [5, 5.41) is 3.35. The average molecular weight is 360 g/mol. The van der Waals surface area contributed by atoms with E-state index in [0.717, 1.165) is 12.0 Å². The number of nitrogens with one attached hydrogen (secondary N) is 1. The van der Waals surface area contributed by atoms with Crippen LogP contribution in [0.3, 0.4) is 0 Å². The minimum Gasteiger partial charge on any atom is -0.352 e. The highest BCUT2D eigenvalue weighted by molar-refractivity contribution is 6.31. The van der Waals surface area contributed by atoms with Crippen LogP contribution in [0.25, 0.3) is 0 Å². The summed E-state index contributed by atoms with van der Waals surface area (Å²) in [7, 11) is 0. The second-order valence-electron chi connectivity index (χ2n) is 5.80. The van der Waals surface area contributed by atoms with E-state index in [4.69, 9.17) is 11.6 Å². The van der Waals surface area contributed by atoms with Crippen LogP contribution in [0.2, 0.25) is 5.02 Å². The quantitative estimate of drug-likeness (QED) is 0.844. The van der Waals surface area contributed by atoms with Crippen molar-refractivity contribution in [3.63, 3.8) is 0 Å². The van der Waals surface area contributed by atoms with Crippen LogP contribution in [0.5, 0.6) is 0 Å². The van der Waals surface area contributed by atoms with Crippen LogP contribution >= 0.6 is 11.6 Å². The van der Waals surface area contributed by atoms with Gasteiger partial charge in [0.1, 0.15) is 11.5 Å². The molecule has 0 radical (unpaired) electrons. The number of hydrogen-bond donors (Lipinski definition) is 1. The standard InChI is InChI=1S/C17H18ClN5O2/c1-12-2-3-13(18)8-14(12)21-17(25)15-9-20-16(10-19-15)23-6-4-22(11-24)5-7-23/h2-3,8-11H,4-7H2,1H3,(H,21,25). The van der Waals surface area contributed by atoms with E-state index >= 15 is 0 Å². The van der Waals surface area contributed by atoms with E-state index in [1.165, 1.54) is 6.20 Å². The zero-order chi connectivity index (χ0) is 17.8. The molecule has 0 unspecified atom stereocenters. The summed E-state index contributed by atoms with van der Waals surface area (Å²) in [4.78, 5) is 35.4. The molecule has 2 aromatic rings. The molecule has 3 rings (SSSR count). The number of benzene rings is 1. The van der Waals surface area contributed by atoms with Crippen molar-refractivity contribution in [3.8, 4) is 0 Å². The van der Waals surface area contributed by atoms with Gasteiger partial charge in [0.05, 0.1) is 12.4 Å². The Balaban J connectivity index is 1.66. The zero-order valence-corrected chi connectivity index (χ0v) is 14.5. The first-order valence-corrected chi connectivity index (χ1v) is 8.28. The van der Waals surface area contributed by atoms with Crippen LogP contribution in [-0.4, -0.2) is 53.4 Å². The predicted molar refractivity (Wildman–Crippen MR) is 96.0 cm³/mol. The first kappa shape index (κ1) is 17.2. The Kier molecular flexibility index (Phi) is 5.14. The van der Waals surface area contributed by atoms with Crippen molar-refractivity contribution in [1.29, 1.82) is 0 Å². The summed E-state index contributed by atoms with van der Waals surface area (Å²) in [6.07, 6.45) is 3.89. The lowest BCUT2D eigenvalue weighted by atomic mass is 10.2. The van der Waals surface area contributed by atoms with Crippen LogP contribution in [-0.2, 0) is 4.79 Å². The van der Waals surface area contributed by atoms with E-state index in [2.05, 4.69) is 15.3 Å². The molecule has 0 aliphatic carbocycles. The van der Waals surface area contributed by atoms with Crippen molar-refractivity contribution < 1.29 is 9.59 Å². The third-order valence-electron chi connectivity index (χ3n) is 4.11. The lowest BCUT2D eigenvalue weighted by Gasteiger charge is -2.33. The number of carbonyl (C=O) groups is 2. The molecule has 7 nitrogen and oxygen atoms in total. The number of nitrogens with zero attached hydrogens (tertiary/aromatic N) is 4. The number of rotatable bonds is 4. The summed E-state index contributed by atoms with van der Waals surface area (Å²) in [5.74, 6) is 0.358. The van der Waals surface area contributed by atoms with Gasteiger partial charge < -0.3 is 15.1 Å². The number of amides is 2. The molecule has 1 aromatic carbocycles. The Morgan fingerprint density at radius 2 is 1.96 bits per heavy atom. The maximum Gasteiger partial charge on any atom is 0.275 e. The normalized spacial score (nSPS) is 14.3. The van der Waals surface area contributed by atoms with E-state index in [1.54, 1.807) is 23.2 Å². The Bertz CT molecular complexity index is 773. The number of piperazine rings is 1. The fourth-order valence-electron chi connectivity index (χ4n) is 2.57. The SMILES string of the molecule is Cc1ccc(Cl)cc1NC(=O)c1cnc(N2CCN(C=O)CC2)cn1. The number of aromatic nitrogens is 2. The van der Waals surface area contributed by atoms with Crippen molar-refractivity contribution in [2.24, 2.45) is 0 Å². The van der Waals surface area contributed by atoms with Crippen molar-refractivity contribution in [2.45, 2.75) is 6.92 Å². The summed E-state index contributed by atoms with van der Waals surface area (Å²) in [6, 6.07) is 5.31. The second kappa shape index (κ2) is 7.48. The predicted octanol–water partition coefficient (Wildman–Crippen LogP) is 1.97. The molecular weight excluding hydrogens is 342 g/mol. The van der Waals surface area contributed by atoms with Gasteiger partial charge in [0, 0.05) is 36.9 Å². The summed E-state index contributed by atoms with van der Waals surface area (Å²) < 4.78 is 0. The lowest BCUT2D eigenvalue weighted by molar-refractivity contribution is -0.118. The Labute approximate surface area is 150 Å². The van der Waals surface area contributed by atoms with E-state index < -0.39 is 0 Å². The molecule has 1 N–H and O–H groups in total. The van der Waals surface area contributed by atoms with Gasteiger partial charge in [-0.05, 0) is 24.6 Å². The highest BCUT2D eigenvalue weighted by Crippen LogP contribution is 2.21. The van der Waals surface area contributed by atoms with Gasteiger partial charge in [-0.15, -0.1) is 0 Å². The topological polar surface area (TPSA) is 78.4 Å². The zero-order valence-electron chi connectivity index (χ0n) is 13.8. The summed E-state index contributed by atoms with van der Waals surface area (Å²) in [6.45, 7) is 4.59. The van der Waals surface area contributed by atoms with Crippen molar-refractivity contribution >= 4 is 35.4 Å². The molecule has 8 heteroatoms. The average Bonchev–Trinajstić information content (AvgIpc) is 2.65. The van der Waals surface area contributed by atoms with Gasteiger partial charge in [-0.2, -0.15) is 0 Å². The fourth-order valence-corrected chi connectivity index (χ4v) is 2.75. The maximum absolute atomic E-state index is 12.3. The van der Waals surface area contributed by atoms with Crippen LogP contribution in [0, 0.1) is 6.92 Å². The van der Waals surface area contributed by atoms with E-state index in [1.807, 2.05) is 17.9 Å². The molecule has 1 saturated heterocycles. The van der Waals surface area contributed by atoms with Gasteiger partial charge in [0.25, 0.3) is 5.91 Å². The highest BCUT2D eigenvalue weighted by Gasteiger charge is 2.18. The third kappa shape index (κ3) is 4.06. The lowest BCUT2D eigenvalue weighted by Crippen LogP contribution is -2.46.